The third kappa shape index (κ3) is 5.94. The van der Waals surface area contributed by atoms with Crippen molar-refractivity contribution in [3.05, 3.63) is 11.1 Å². The zero-order valence-electron chi connectivity index (χ0n) is 32.8. The van der Waals surface area contributed by atoms with Crippen LogP contribution in [0, 0.1) is 44.3 Å². The standard InChI is InChI=1S/C41H66O12/c1-36(2)14-16-41(35(48)49)17-15-39(6)21(22(41)18-36)8-9-26-38(5)12-11-27(37(3,4)25(38)10-13-40(26,39)7)52-34-32(28(44)23(43)20-50-34)53-33-31(47)30(46)29(45)24(19-42)51-33/h23-34,42-47H,8-20H2,1-7H3,(H,48,49)/t23-,24+,25-,26+,27-,28-,29+,30-,31+,32+,33-,34-,38-,39+,40+,41-/m0/s1. The lowest BCUT2D eigenvalue weighted by atomic mass is 9.34. The predicted molar refractivity (Wildman–Crippen MR) is 192 cm³/mol. The Hall–Kier alpha value is -1.19. The van der Waals surface area contributed by atoms with Crippen LogP contribution in [0.15, 0.2) is 11.1 Å². The minimum absolute atomic E-state index is 0.0120. The monoisotopic (exact) mass is 750 g/mol. The molecule has 0 bridgehead atoms. The highest BCUT2D eigenvalue weighted by Crippen LogP contribution is 2.75. The molecule has 7 aliphatic rings. The number of carboxylic acid groups (broad SMARTS) is 1. The van der Waals surface area contributed by atoms with E-state index >= 15 is 0 Å². The molecule has 302 valence electrons. The number of aliphatic hydroxyl groups is 6. The fourth-order valence-electron chi connectivity index (χ4n) is 13.4. The Morgan fingerprint density at radius 1 is 0.755 bits per heavy atom. The zero-order chi connectivity index (χ0) is 38.7. The van der Waals surface area contributed by atoms with Gasteiger partial charge in [0.25, 0.3) is 0 Å². The third-order valence-electron chi connectivity index (χ3n) is 16.8. The Morgan fingerprint density at radius 3 is 2.13 bits per heavy atom. The molecule has 5 aliphatic carbocycles. The average Bonchev–Trinajstić information content (AvgIpc) is 3.08. The van der Waals surface area contributed by atoms with Crippen molar-refractivity contribution in [1.29, 1.82) is 0 Å². The lowest BCUT2D eigenvalue weighted by molar-refractivity contribution is -0.367. The molecule has 0 aromatic carbocycles. The van der Waals surface area contributed by atoms with Gasteiger partial charge in [-0.2, -0.15) is 0 Å². The summed E-state index contributed by atoms with van der Waals surface area (Å²) in [6.07, 6.45) is -3.25. The fourth-order valence-corrected chi connectivity index (χ4v) is 13.4. The first-order valence-electron chi connectivity index (χ1n) is 20.2. The molecule has 0 aromatic rings. The van der Waals surface area contributed by atoms with Gasteiger partial charge in [-0.1, -0.05) is 59.6 Å². The number of allylic oxidation sites excluding steroid dienone is 1. The van der Waals surface area contributed by atoms with Crippen LogP contribution in [0.1, 0.15) is 119 Å². The zero-order valence-corrected chi connectivity index (χ0v) is 32.8. The first kappa shape index (κ1) is 40.0. The number of hydrogen-bond donors (Lipinski definition) is 7. The normalized spacial score (nSPS) is 52.1. The van der Waals surface area contributed by atoms with Gasteiger partial charge in [0.1, 0.15) is 42.7 Å². The first-order valence-corrected chi connectivity index (χ1v) is 20.2. The van der Waals surface area contributed by atoms with Crippen LogP contribution in [-0.2, 0) is 23.7 Å². The second kappa shape index (κ2) is 13.5. The van der Waals surface area contributed by atoms with E-state index in [-0.39, 0.29) is 39.8 Å². The van der Waals surface area contributed by atoms with Gasteiger partial charge < -0.3 is 54.7 Å². The van der Waals surface area contributed by atoms with Gasteiger partial charge >= 0.3 is 5.97 Å². The van der Waals surface area contributed by atoms with Gasteiger partial charge in [-0.15, -0.1) is 0 Å². The van der Waals surface area contributed by atoms with E-state index in [4.69, 9.17) is 18.9 Å². The van der Waals surface area contributed by atoms with Crippen molar-refractivity contribution in [3.8, 4) is 0 Å². The maximum Gasteiger partial charge on any atom is 0.313 e. The Labute approximate surface area is 314 Å². The number of fused-ring (bicyclic) bond motifs is 6. The highest BCUT2D eigenvalue weighted by Gasteiger charge is 2.68. The number of aliphatic carboxylic acids is 1. The maximum atomic E-state index is 13.0. The topological polar surface area (TPSA) is 196 Å². The minimum Gasteiger partial charge on any atom is -0.481 e. The van der Waals surface area contributed by atoms with Gasteiger partial charge in [0, 0.05) is 0 Å². The van der Waals surface area contributed by atoms with Crippen LogP contribution in [0.2, 0.25) is 0 Å². The van der Waals surface area contributed by atoms with Gasteiger partial charge in [-0.05, 0) is 110 Å². The van der Waals surface area contributed by atoms with Crippen LogP contribution in [0.25, 0.3) is 0 Å². The van der Waals surface area contributed by atoms with Gasteiger partial charge in [-0.25, -0.2) is 0 Å². The van der Waals surface area contributed by atoms with Crippen LogP contribution in [0.3, 0.4) is 0 Å². The molecule has 0 aromatic heterocycles. The SMILES string of the molecule is CC1(C)CC[C@]2(C(=O)O)CC[C@]3(C)C(=C2C1)CC[C@@H]1[C@@]2(C)CC[C@H](O[C@@H]4OC[C@H](O)[C@H](O)[C@H]4O[C@@H]4O[C@H](CO)[C@@H](O)[C@H](O)[C@H]4O)C(C)(C)[C@@H]2CC[C@]13C. The molecule has 2 aliphatic heterocycles. The van der Waals surface area contributed by atoms with Crippen molar-refractivity contribution < 1.29 is 59.5 Å². The molecule has 0 radical (unpaired) electrons. The van der Waals surface area contributed by atoms with Crippen molar-refractivity contribution in [2.45, 2.75) is 181 Å². The number of ether oxygens (including phenoxy) is 4. The van der Waals surface area contributed by atoms with Crippen LogP contribution < -0.4 is 0 Å². The van der Waals surface area contributed by atoms with Crippen LogP contribution in [-0.4, -0.2) is 116 Å². The predicted octanol–water partition coefficient (Wildman–Crippen LogP) is 3.67. The van der Waals surface area contributed by atoms with Crippen molar-refractivity contribution >= 4 is 5.97 Å². The van der Waals surface area contributed by atoms with Gasteiger partial charge in [0.05, 0.1) is 24.7 Å². The van der Waals surface area contributed by atoms with E-state index in [0.717, 1.165) is 64.2 Å². The Balaban J connectivity index is 1.13. The van der Waals surface area contributed by atoms with E-state index in [9.17, 15) is 40.5 Å². The summed E-state index contributed by atoms with van der Waals surface area (Å²) in [6.45, 7) is 15.8. The summed E-state index contributed by atoms with van der Waals surface area (Å²) in [5.74, 6) is 0.122. The number of hydrogen-bond acceptors (Lipinski definition) is 11. The summed E-state index contributed by atoms with van der Waals surface area (Å²) in [4.78, 5) is 13.0. The van der Waals surface area contributed by atoms with E-state index in [0.29, 0.717) is 18.3 Å². The number of rotatable bonds is 6. The van der Waals surface area contributed by atoms with E-state index in [2.05, 4.69) is 48.5 Å². The van der Waals surface area contributed by atoms with Crippen molar-refractivity contribution in [1.82, 2.24) is 0 Å². The summed E-state index contributed by atoms with van der Waals surface area (Å²) in [7, 11) is 0. The second-order valence-electron chi connectivity index (χ2n) is 20.2. The van der Waals surface area contributed by atoms with E-state index in [1.54, 1.807) is 0 Å². The van der Waals surface area contributed by atoms with E-state index < -0.39 is 73.3 Å². The van der Waals surface area contributed by atoms with Crippen LogP contribution in [0.5, 0.6) is 0 Å². The lowest BCUT2D eigenvalue weighted by Crippen LogP contribution is -2.65. The molecule has 7 rings (SSSR count). The van der Waals surface area contributed by atoms with Gasteiger partial charge in [0.2, 0.25) is 0 Å². The third-order valence-corrected chi connectivity index (χ3v) is 16.8. The van der Waals surface area contributed by atoms with E-state index in [1.807, 2.05) is 0 Å². The molecule has 0 amide bonds. The first-order chi connectivity index (χ1) is 24.7. The largest absolute Gasteiger partial charge is 0.481 e. The summed E-state index contributed by atoms with van der Waals surface area (Å²) in [6, 6.07) is 0. The average molecular weight is 751 g/mol. The van der Waals surface area contributed by atoms with Crippen LogP contribution >= 0.6 is 0 Å². The van der Waals surface area contributed by atoms with Gasteiger partial charge in [-0.3, -0.25) is 4.79 Å². The molecule has 4 saturated carbocycles. The van der Waals surface area contributed by atoms with Crippen molar-refractivity contribution in [3.63, 3.8) is 0 Å². The fraction of sp³-hybridized carbons (Fsp3) is 0.927. The Morgan fingerprint density at radius 2 is 1.45 bits per heavy atom. The Bertz CT molecular complexity index is 1450. The molecule has 12 nitrogen and oxygen atoms in total. The Kier molecular flexibility index (Phi) is 10.2. The molecule has 0 spiro atoms. The molecule has 7 N–H and O–H groups in total. The highest BCUT2D eigenvalue weighted by atomic mass is 16.8. The molecular formula is C41H66O12. The van der Waals surface area contributed by atoms with Crippen molar-refractivity contribution in [2.24, 2.45) is 44.3 Å². The minimum atomic E-state index is -1.69. The smallest absolute Gasteiger partial charge is 0.313 e. The van der Waals surface area contributed by atoms with E-state index in [1.165, 1.54) is 11.1 Å². The van der Waals surface area contributed by atoms with Crippen molar-refractivity contribution in [2.75, 3.05) is 13.2 Å². The highest BCUT2D eigenvalue weighted by molar-refractivity contribution is 5.80. The molecule has 6 fully saturated rings. The number of carboxylic acids is 1. The summed E-state index contributed by atoms with van der Waals surface area (Å²) < 4.78 is 24.3. The number of carbonyl (C=O) groups is 1. The quantitative estimate of drug-likeness (QED) is 0.154. The molecule has 53 heavy (non-hydrogen) atoms. The second-order valence-corrected chi connectivity index (χ2v) is 20.2. The summed E-state index contributed by atoms with van der Waals surface area (Å²) in [5.41, 5.74) is 1.73. The molecule has 12 heteroatoms. The number of aliphatic hydroxyl groups excluding tert-OH is 6. The summed E-state index contributed by atoms with van der Waals surface area (Å²) in [5, 5.41) is 73.3. The molecule has 0 unspecified atom stereocenters. The molecule has 2 saturated heterocycles. The van der Waals surface area contributed by atoms with Gasteiger partial charge in [0.15, 0.2) is 12.6 Å². The molecular weight excluding hydrogens is 684 g/mol. The molecule has 2 heterocycles. The maximum absolute atomic E-state index is 13.0. The van der Waals surface area contributed by atoms with Crippen LogP contribution in [0.4, 0.5) is 0 Å². The summed E-state index contributed by atoms with van der Waals surface area (Å²) >= 11 is 0. The molecule has 16 atom stereocenters. The lowest BCUT2D eigenvalue weighted by Gasteiger charge is -2.71.